The van der Waals surface area contributed by atoms with Crippen molar-refractivity contribution in [2.24, 2.45) is 0 Å². The highest BCUT2D eigenvalue weighted by Gasteiger charge is 2.15. The van der Waals surface area contributed by atoms with Gasteiger partial charge in [-0.1, -0.05) is 30.3 Å². The molecule has 6 heteroatoms. The summed E-state index contributed by atoms with van der Waals surface area (Å²) in [6, 6.07) is 15.7. The number of furan rings is 1. The highest BCUT2D eigenvalue weighted by atomic mass is 16.3. The SMILES string of the molecule is Cc1cc(C)n(CCCNC(=O)N(Cc2ccccc2)Cc2ccco2)n1. The van der Waals surface area contributed by atoms with Gasteiger partial charge in [0.05, 0.1) is 18.5 Å². The van der Waals surface area contributed by atoms with Crippen LogP contribution in [0.1, 0.15) is 29.1 Å². The zero-order valence-corrected chi connectivity index (χ0v) is 15.9. The number of urea groups is 1. The van der Waals surface area contributed by atoms with Crippen LogP contribution in [0.5, 0.6) is 0 Å². The van der Waals surface area contributed by atoms with E-state index in [4.69, 9.17) is 4.42 Å². The summed E-state index contributed by atoms with van der Waals surface area (Å²) in [5, 5.41) is 7.47. The van der Waals surface area contributed by atoms with E-state index < -0.39 is 0 Å². The lowest BCUT2D eigenvalue weighted by Gasteiger charge is -2.22. The van der Waals surface area contributed by atoms with E-state index in [1.165, 1.54) is 0 Å². The number of carbonyl (C=O) groups is 1. The second-order valence-corrected chi connectivity index (χ2v) is 6.66. The predicted molar refractivity (Wildman–Crippen MR) is 104 cm³/mol. The first-order valence-electron chi connectivity index (χ1n) is 9.22. The number of hydrogen-bond donors (Lipinski definition) is 1. The summed E-state index contributed by atoms with van der Waals surface area (Å²) in [7, 11) is 0. The van der Waals surface area contributed by atoms with Gasteiger partial charge in [-0.3, -0.25) is 4.68 Å². The predicted octanol–water partition coefficient (Wildman–Crippen LogP) is 3.90. The molecule has 142 valence electrons. The van der Waals surface area contributed by atoms with Gasteiger partial charge in [0, 0.05) is 25.3 Å². The van der Waals surface area contributed by atoms with Crippen molar-refractivity contribution < 1.29 is 9.21 Å². The molecule has 3 aromatic rings. The van der Waals surface area contributed by atoms with Crippen LogP contribution in [0.4, 0.5) is 4.79 Å². The van der Waals surface area contributed by atoms with Crippen LogP contribution in [-0.2, 0) is 19.6 Å². The molecule has 0 unspecified atom stereocenters. The Kier molecular flexibility index (Phi) is 6.30. The van der Waals surface area contributed by atoms with Crippen LogP contribution in [-0.4, -0.2) is 27.3 Å². The second-order valence-electron chi connectivity index (χ2n) is 6.66. The summed E-state index contributed by atoms with van der Waals surface area (Å²) in [5.41, 5.74) is 3.24. The van der Waals surface area contributed by atoms with Crippen molar-refractivity contribution in [2.45, 2.75) is 39.9 Å². The van der Waals surface area contributed by atoms with Gasteiger partial charge < -0.3 is 14.6 Å². The molecule has 1 N–H and O–H groups in total. The summed E-state index contributed by atoms with van der Waals surface area (Å²) < 4.78 is 7.40. The molecule has 2 amide bonds. The highest BCUT2D eigenvalue weighted by molar-refractivity contribution is 5.74. The molecule has 1 aromatic carbocycles. The molecule has 0 radical (unpaired) electrons. The molecule has 0 aliphatic carbocycles. The summed E-state index contributed by atoms with van der Waals surface area (Å²) in [5.74, 6) is 0.767. The Bertz CT molecular complexity index is 840. The van der Waals surface area contributed by atoms with Crippen molar-refractivity contribution in [1.29, 1.82) is 0 Å². The molecule has 2 aromatic heterocycles. The summed E-state index contributed by atoms with van der Waals surface area (Å²) >= 11 is 0. The van der Waals surface area contributed by atoms with Gasteiger partial charge in [-0.2, -0.15) is 5.10 Å². The standard InChI is InChI=1S/C21H26N4O2/c1-17-14-18(2)25(23-17)12-7-11-22-21(26)24(16-20-10-6-13-27-20)15-19-8-4-3-5-9-19/h3-6,8-10,13-14H,7,11-12,15-16H2,1-2H3,(H,22,26). The van der Waals surface area contributed by atoms with Crippen molar-refractivity contribution in [2.75, 3.05) is 6.54 Å². The third-order valence-electron chi connectivity index (χ3n) is 4.36. The first-order chi connectivity index (χ1) is 13.1. The average molecular weight is 366 g/mol. The molecule has 0 saturated heterocycles. The molecule has 6 nitrogen and oxygen atoms in total. The summed E-state index contributed by atoms with van der Waals surface area (Å²) in [6.07, 6.45) is 2.45. The van der Waals surface area contributed by atoms with Gasteiger partial charge in [0.1, 0.15) is 5.76 Å². The number of benzene rings is 1. The van der Waals surface area contributed by atoms with E-state index in [-0.39, 0.29) is 6.03 Å². The third kappa shape index (κ3) is 5.48. The van der Waals surface area contributed by atoms with E-state index in [0.717, 1.165) is 35.7 Å². The molecular weight excluding hydrogens is 340 g/mol. The summed E-state index contributed by atoms with van der Waals surface area (Å²) in [6.45, 7) is 6.39. The molecule has 0 aliphatic rings. The zero-order valence-electron chi connectivity index (χ0n) is 15.9. The number of nitrogens with one attached hydrogen (secondary N) is 1. The van der Waals surface area contributed by atoms with E-state index in [2.05, 4.69) is 16.5 Å². The maximum atomic E-state index is 12.7. The van der Waals surface area contributed by atoms with Crippen molar-refractivity contribution in [3.8, 4) is 0 Å². The molecule has 0 fully saturated rings. The Morgan fingerprint density at radius 3 is 2.63 bits per heavy atom. The summed E-state index contributed by atoms with van der Waals surface area (Å²) in [4.78, 5) is 14.5. The smallest absolute Gasteiger partial charge is 0.318 e. The van der Waals surface area contributed by atoms with Gasteiger partial charge in [-0.05, 0) is 44.0 Å². The number of amides is 2. The van der Waals surface area contributed by atoms with Crippen LogP contribution in [0, 0.1) is 13.8 Å². The van der Waals surface area contributed by atoms with Gasteiger partial charge in [-0.25, -0.2) is 4.79 Å². The minimum atomic E-state index is -0.0939. The monoisotopic (exact) mass is 366 g/mol. The molecular formula is C21H26N4O2. The molecule has 0 saturated carbocycles. The van der Waals surface area contributed by atoms with Crippen LogP contribution < -0.4 is 5.32 Å². The number of carbonyl (C=O) groups excluding carboxylic acids is 1. The lowest BCUT2D eigenvalue weighted by atomic mass is 10.2. The number of hydrogen-bond acceptors (Lipinski definition) is 3. The highest BCUT2D eigenvalue weighted by Crippen LogP contribution is 2.11. The first-order valence-corrected chi connectivity index (χ1v) is 9.22. The molecule has 0 aliphatic heterocycles. The van der Waals surface area contributed by atoms with Gasteiger partial charge in [0.2, 0.25) is 0 Å². The lowest BCUT2D eigenvalue weighted by Crippen LogP contribution is -2.39. The Morgan fingerprint density at radius 2 is 1.96 bits per heavy atom. The van der Waals surface area contributed by atoms with E-state index in [1.54, 1.807) is 11.2 Å². The van der Waals surface area contributed by atoms with Gasteiger partial charge in [0.15, 0.2) is 0 Å². The molecule has 2 heterocycles. The zero-order chi connectivity index (χ0) is 19.1. The molecule has 0 spiro atoms. The topological polar surface area (TPSA) is 63.3 Å². The Morgan fingerprint density at radius 1 is 1.15 bits per heavy atom. The van der Waals surface area contributed by atoms with Crippen LogP contribution in [0.15, 0.2) is 59.2 Å². The van der Waals surface area contributed by atoms with Gasteiger partial charge >= 0.3 is 6.03 Å². The average Bonchev–Trinajstić information content (AvgIpc) is 3.28. The number of nitrogens with zero attached hydrogens (tertiary/aromatic N) is 3. The quantitative estimate of drug-likeness (QED) is 0.615. The van der Waals surface area contributed by atoms with Crippen molar-refractivity contribution in [3.05, 3.63) is 77.5 Å². The second kappa shape index (κ2) is 9.07. The fraction of sp³-hybridized carbons (Fsp3) is 0.333. The first kappa shape index (κ1) is 18.8. The van der Waals surface area contributed by atoms with E-state index >= 15 is 0 Å². The van der Waals surface area contributed by atoms with Crippen LogP contribution in [0.25, 0.3) is 0 Å². The lowest BCUT2D eigenvalue weighted by molar-refractivity contribution is 0.187. The largest absolute Gasteiger partial charge is 0.467 e. The van der Waals surface area contributed by atoms with Crippen LogP contribution in [0.2, 0.25) is 0 Å². The Balaban J connectivity index is 1.54. The van der Waals surface area contributed by atoms with Crippen molar-refractivity contribution in [1.82, 2.24) is 20.0 Å². The van der Waals surface area contributed by atoms with Gasteiger partial charge in [-0.15, -0.1) is 0 Å². The third-order valence-corrected chi connectivity index (χ3v) is 4.36. The van der Waals surface area contributed by atoms with E-state index in [9.17, 15) is 4.79 Å². The number of rotatable bonds is 8. The minimum absolute atomic E-state index is 0.0939. The van der Waals surface area contributed by atoms with E-state index in [1.807, 2.05) is 61.0 Å². The van der Waals surface area contributed by atoms with Crippen molar-refractivity contribution >= 4 is 6.03 Å². The molecule has 3 rings (SSSR count). The van der Waals surface area contributed by atoms with Crippen molar-refractivity contribution in [3.63, 3.8) is 0 Å². The minimum Gasteiger partial charge on any atom is -0.467 e. The Hall–Kier alpha value is -3.02. The fourth-order valence-corrected chi connectivity index (χ4v) is 3.03. The molecule has 0 bridgehead atoms. The van der Waals surface area contributed by atoms with E-state index in [0.29, 0.717) is 19.6 Å². The van der Waals surface area contributed by atoms with Crippen LogP contribution >= 0.6 is 0 Å². The molecule has 27 heavy (non-hydrogen) atoms. The van der Waals surface area contributed by atoms with Crippen LogP contribution in [0.3, 0.4) is 0 Å². The Labute approximate surface area is 159 Å². The maximum Gasteiger partial charge on any atom is 0.318 e. The number of aryl methyl sites for hydroxylation is 3. The fourth-order valence-electron chi connectivity index (χ4n) is 3.03. The normalized spacial score (nSPS) is 10.7. The molecule has 0 atom stereocenters. The van der Waals surface area contributed by atoms with Gasteiger partial charge in [0.25, 0.3) is 0 Å². The maximum absolute atomic E-state index is 12.7. The number of aromatic nitrogens is 2.